The molecule has 0 aliphatic heterocycles. The number of hydrogen-bond donors (Lipinski definition) is 1. The van der Waals surface area contributed by atoms with Crippen molar-refractivity contribution in [2.24, 2.45) is 0 Å². The molecule has 2 heterocycles. The second-order valence-corrected chi connectivity index (χ2v) is 6.32. The number of nitrogens with zero attached hydrogens (tertiary/aromatic N) is 4. The van der Waals surface area contributed by atoms with E-state index in [9.17, 15) is 4.79 Å². The van der Waals surface area contributed by atoms with Crippen molar-refractivity contribution in [2.45, 2.75) is 42.9 Å². The van der Waals surface area contributed by atoms with Gasteiger partial charge < -0.3 is 5.32 Å². The van der Waals surface area contributed by atoms with Gasteiger partial charge in [0.25, 0.3) is 0 Å². The van der Waals surface area contributed by atoms with Gasteiger partial charge in [0.2, 0.25) is 5.91 Å². The molecule has 2 aromatic heterocycles. The molecular formula is C15H19N5OS. The second-order valence-electron chi connectivity index (χ2n) is 5.38. The predicted molar refractivity (Wildman–Crippen MR) is 84.4 cm³/mol. The van der Waals surface area contributed by atoms with Crippen LogP contribution in [-0.4, -0.2) is 37.5 Å². The first-order valence-corrected chi connectivity index (χ1v) is 8.48. The van der Waals surface area contributed by atoms with Gasteiger partial charge in [-0.25, -0.2) is 9.97 Å². The fraction of sp³-hybridized carbons (Fsp3) is 0.467. The van der Waals surface area contributed by atoms with Crippen LogP contribution in [0.3, 0.4) is 0 Å². The van der Waals surface area contributed by atoms with Crippen molar-refractivity contribution in [3.63, 3.8) is 0 Å². The Morgan fingerprint density at radius 3 is 2.64 bits per heavy atom. The topological polar surface area (TPSA) is 72.7 Å². The van der Waals surface area contributed by atoms with Gasteiger partial charge in [0.15, 0.2) is 5.16 Å². The highest BCUT2D eigenvalue weighted by atomic mass is 32.2. The largest absolute Gasteiger partial charge is 0.353 e. The van der Waals surface area contributed by atoms with Gasteiger partial charge in [-0.2, -0.15) is 5.10 Å². The summed E-state index contributed by atoms with van der Waals surface area (Å²) in [5.41, 5.74) is 0. The lowest BCUT2D eigenvalue weighted by Gasteiger charge is -2.29. The van der Waals surface area contributed by atoms with Crippen molar-refractivity contribution >= 4 is 17.7 Å². The summed E-state index contributed by atoms with van der Waals surface area (Å²) in [4.78, 5) is 20.2. The molecule has 0 saturated heterocycles. The molecule has 1 N–H and O–H groups in total. The number of aromatic nitrogens is 4. The molecule has 0 radical (unpaired) electrons. The zero-order chi connectivity index (χ0) is 15.2. The molecule has 0 unspecified atom stereocenters. The lowest BCUT2D eigenvalue weighted by atomic mass is 9.91. The Balaban J connectivity index is 1.40. The van der Waals surface area contributed by atoms with E-state index < -0.39 is 0 Å². The lowest BCUT2D eigenvalue weighted by Crippen LogP contribution is -2.39. The molecule has 0 aromatic carbocycles. The van der Waals surface area contributed by atoms with E-state index in [0.29, 0.717) is 17.0 Å². The van der Waals surface area contributed by atoms with Crippen LogP contribution in [0.25, 0.3) is 0 Å². The van der Waals surface area contributed by atoms with E-state index in [4.69, 9.17) is 0 Å². The van der Waals surface area contributed by atoms with Gasteiger partial charge in [0, 0.05) is 30.8 Å². The highest BCUT2D eigenvalue weighted by Crippen LogP contribution is 2.27. The minimum absolute atomic E-state index is 0.0555. The Labute approximate surface area is 133 Å². The Morgan fingerprint density at radius 1 is 1.18 bits per heavy atom. The van der Waals surface area contributed by atoms with Crippen molar-refractivity contribution in [3.05, 3.63) is 36.9 Å². The van der Waals surface area contributed by atoms with Crippen molar-refractivity contribution < 1.29 is 4.79 Å². The van der Waals surface area contributed by atoms with Crippen LogP contribution < -0.4 is 5.32 Å². The number of carbonyl (C=O) groups excluding carboxylic acids is 1. The third kappa shape index (κ3) is 4.07. The third-order valence-electron chi connectivity index (χ3n) is 3.84. The predicted octanol–water partition coefficient (Wildman–Crippen LogP) is 2.07. The summed E-state index contributed by atoms with van der Waals surface area (Å²) in [7, 11) is 0. The van der Waals surface area contributed by atoms with Crippen LogP contribution in [-0.2, 0) is 4.79 Å². The fourth-order valence-electron chi connectivity index (χ4n) is 2.74. The van der Waals surface area contributed by atoms with Gasteiger partial charge in [-0.15, -0.1) is 0 Å². The van der Waals surface area contributed by atoms with Gasteiger partial charge >= 0.3 is 0 Å². The molecule has 22 heavy (non-hydrogen) atoms. The van der Waals surface area contributed by atoms with Crippen LogP contribution in [0.2, 0.25) is 0 Å². The SMILES string of the molecule is O=C(CSc1ncccn1)NC1CCC(n2cccn2)CC1. The average molecular weight is 317 g/mol. The smallest absolute Gasteiger partial charge is 0.230 e. The quantitative estimate of drug-likeness (QED) is 0.675. The molecule has 3 rings (SSSR count). The van der Waals surface area contributed by atoms with Gasteiger partial charge in [0.05, 0.1) is 11.8 Å². The molecule has 1 fully saturated rings. The van der Waals surface area contributed by atoms with Crippen LogP contribution in [0.1, 0.15) is 31.7 Å². The maximum Gasteiger partial charge on any atom is 0.230 e. The normalized spacial score (nSPS) is 21.5. The number of nitrogens with one attached hydrogen (secondary N) is 1. The van der Waals surface area contributed by atoms with E-state index in [1.807, 2.05) is 23.1 Å². The minimum Gasteiger partial charge on any atom is -0.353 e. The van der Waals surface area contributed by atoms with Crippen molar-refractivity contribution in [3.8, 4) is 0 Å². The summed E-state index contributed by atoms with van der Waals surface area (Å²) in [5.74, 6) is 0.420. The number of hydrogen-bond acceptors (Lipinski definition) is 5. The van der Waals surface area contributed by atoms with Crippen LogP contribution in [0.4, 0.5) is 0 Å². The maximum absolute atomic E-state index is 12.0. The standard InChI is InChI=1S/C15H19N5OS/c21-14(11-22-15-16-7-1-8-17-15)19-12-3-5-13(6-4-12)20-10-2-9-18-20/h1-2,7-10,12-13H,3-6,11H2,(H,19,21). The van der Waals surface area contributed by atoms with E-state index >= 15 is 0 Å². The van der Waals surface area contributed by atoms with E-state index in [1.54, 1.807) is 18.5 Å². The number of thioether (sulfide) groups is 1. The second kappa shape index (κ2) is 7.40. The Bertz CT molecular complexity index is 581. The lowest BCUT2D eigenvalue weighted by molar-refractivity contribution is -0.119. The molecule has 1 saturated carbocycles. The molecule has 1 amide bonds. The molecule has 2 aromatic rings. The molecule has 6 nitrogen and oxygen atoms in total. The number of amides is 1. The average Bonchev–Trinajstić information content (AvgIpc) is 3.09. The van der Waals surface area contributed by atoms with E-state index in [2.05, 4.69) is 20.4 Å². The molecule has 0 bridgehead atoms. The zero-order valence-electron chi connectivity index (χ0n) is 12.3. The summed E-state index contributed by atoms with van der Waals surface area (Å²) in [6.45, 7) is 0. The minimum atomic E-state index is 0.0555. The van der Waals surface area contributed by atoms with E-state index in [-0.39, 0.29) is 11.9 Å². The summed E-state index contributed by atoms with van der Waals surface area (Å²) in [6.07, 6.45) is 11.3. The van der Waals surface area contributed by atoms with E-state index in [1.165, 1.54) is 11.8 Å². The Kier molecular flexibility index (Phi) is 5.05. The van der Waals surface area contributed by atoms with Gasteiger partial charge in [-0.05, 0) is 37.8 Å². The molecule has 1 aliphatic rings. The molecule has 0 spiro atoms. The fourth-order valence-corrected chi connectivity index (χ4v) is 3.36. The maximum atomic E-state index is 12.0. The third-order valence-corrected chi connectivity index (χ3v) is 4.71. The summed E-state index contributed by atoms with van der Waals surface area (Å²) < 4.78 is 2.03. The molecular weight excluding hydrogens is 298 g/mol. The first-order chi connectivity index (χ1) is 10.8. The molecule has 116 valence electrons. The summed E-state index contributed by atoms with van der Waals surface area (Å²) >= 11 is 1.37. The van der Waals surface area contributed by atoms with Gasteiger partial charge in [0.1, 0.15) is 0 Å². The van der Waals surface area contributed by atoms with Gasteiger partial charge in [-0.3, -0.25) is 9.48 Å². The van der Waals surface area contributed by atoms with Crippen molar-refractivity contribution in [2.75, 3.05) is 5.75 Å². The van der Waals surface area contributed by atoms with Crippen LogP contribution in [0, 0.1) is 0 Å². The Hall–Kier alpha value is -1.89. The zero-order valence-corrected chi connectivity index (χ0v) is 13.1. The molecule has 0 atom stereocenters. The number of rotatable bonds is 5. The monoisotopic (exact) mass is 317 g/mol. The summed E-state index contributed by atoms with van der Waals surface area (Å²) in [6, 6.07) is 4.46. The highest BCUT2D eigenvalue weighted by Gasteiger charge is 2.23. The highest BCUT2D eigenvalue weighted by molar-refractivity contribution is 7.99. The van der Waals surface area contributed by atoms with Crippen molar-refractivity contribution in [1.29, 1.82) is 0 Å². The first-order valence-electron chi connectivity index (χ1n) is 7.49. The molecule has 1 aliphatic carbocycles. The van der Waals surface area contributed by atoms with Crippen LogP contribution in [0.15, 0.2) is 42.1 Å². The first kappa shape index (κ1) is 15.0. The Morgan fingerprint density at radius 2 is 1.95 bits per heavy atom. The van der Waals surface area contributed by atoms with Crippen molar-refractivity contribution in [1.82, 2.24) is 25.1 Å². The van der Waals surface area contributed by atoms with Crippen LogP contribution >= 0.6 is 11.8 Å². The summed E-state index contributed by atoms with van der Waals surface area (Å²) in [5, 5.41) is 8.05. The van der Waals surface area contributed by atoms with Crippen LogP contribution in [0.5, 0.6) is 0 Å². The van der Waals surface area contributed by atoms with Gasteiger partial charge in [-0.1, -0.05) is 11.8 Å². The molecule has 7 heteroatoms. The number of carbonyl (C=O) groups is 1. The van der Waals surface area contributed by atoms with E-state index in [0.717, 1.165) is 25.7 Å².